The number of hydrogen-bond donors (Lipinski definition) is 0. The molecule has 2 heterocycles. The lowest BCUT2D eigenvalue weighted by molar-refractivity contribution is 0.151. The minimum absolute atomic E-state index is 0.198. The highest BCUT2D eigenvalue weighted by Gasteiger charge is 2.44. The van der Waals surface area contributed by atoms with Crippen molar-refractivity contribution in [3.8, 4) is 0 Å². The third kappa shape index (κ3) is 5.32. The SMILES string of the molecule is C[C@H](C[C@@H](C)OP1C[C@H]2CCCC[C@@H]2N1c1ccccc1)OP1C[C@H]2CCCC[C@@H]2C1. The van der Waals surface area contributed by atoms with Crippen molar-refractivity contribution in [1.82, 2.24) is 0 Å². The third-order valence-electron chi connectivity index (χ3n) is 8.07. The Hall–Kier alpha value is -0.200. The Morgan fingerprint density at radius 2 is 1.42 bits per heavy atom. The van der Waals surface area contributed by atoms with Gasteiger partial charge in [0, 0.05) is 26.0 Å². The molecule has 1 aromatic rings. The quantitative estimate of drug-likeness (QED) is 0.387. The second kappa shape index (κ2) is 10.4. The van der Waals surface area contributed by atoms with Crippen molar-refractivity contribution in [2.75, 3.05) is 23.2 Å². The fourth-order valence-electron chi connectivity index (χ4n) is 6.64. The average Bonchev–Trinajstić information content (AvgIpc) is 3.34. The van der Waals surface area contributed by atoms with Gasteiger partial charge >= 0.3 is 0 Å². The number of anilines is 1. The van der Waals surface area contributed by atoms with E-state index in [4.69, 9.17) is 9.05 Å². The molecule has 0 amide bonds. The maximum Gasteiger partial charge on any atom is 0.133 e. The fraction of sp³-hybridized carbons (Fsp3) is 0.769. The summed E-state index contributed by atoms with van der Waals surface area (Å²) in [4.78, 5) is 0. The lowest BCUT2D eigenvalue weighted by Gasteiger charge is -2.35. The Kier molecular flexibility index (Phi) is 7.56. The number of fused-ring (bicyclic) bond motifs is 2. The maximum absolute atomic E-state index is 6.82. The molecule has 1 aromatic carbocycles. The van der Waals surface area contributed by atoms with E-state index in [1.165, 1.54) is 75.5 Å². The largest absolute Gasteiger partial charge is 0.356 e. The van der Waals surface area contributed by atoms with Gasteiger partial charge in [-0.3, -0.25) is 0 Å². The fourth-order valence-corrected chi connectivity index (χ4v) is 12.3. The molecule has 2 aliphatic heterocycles. The molecular formula is C26H41NO2P2. The van der Waals surface area contributed by atoms with E-state index in [0.717, 1.165) is 24.2 Å². The number of rotatable bonds is 7. The predicted octanol–water partition coefficient (Wildman–Crippen LogP) is 7.79. The first-order valence-electron chi connectivity index (χ1n) is 12.9. The standard InChI is InChI=1S/C26H41NO2P2/c1-20(28-30-17-22-10-6-7-11-23(22)18-30)16-21(2)29-31-19-24-12-8-9-15-26(24)27(31)25-13-4-3-5-14-25/h3-5,13-14,20-24,26H,6-12,15-19H2,1-2H3/t20-,21-,22-,23-,24-,26+,31?/m1/s1. The van der Waals surface area contributed by atoms with E-state index >= 15 is 0 Å². The van der Waals surface area contributed by atoms with Gasteiger partial charge in [0.2, 0.25) is 0 Å². The molecule has 4 fully saturated rings. The Morgan fingerprint density at radius 1 is 0.806 bits per heavy atom. The van der Waals surface area contributed by atoms with Crippen molar-refractivity contribution in [1.29, 1.82) is 0 Å². The van der Waals surface area contributed by atoms with Gasteiger partial charge in [0.1, 0.15) is 8.30 Å². The molecule has 0 N–H and O–H groups in total. The van der Waals surface area contributed by atoms with E-state index in [1.807, 2.05) is 0 Å². The van der Waals surface area contributed by atoms with Gasteiger partial charge in [-0.1, -0.05) is 43.9 Å². The zero-order chi connectivity index (χ0) is 21.2. The normalized spacial score (nSPS) is 35.5. The molecule has 4 aliphatic rings. The number of nitrogens with zero attached hydrogens (tertiary/aromatic N) is 1. The summed E-state index contributed by atoms with van der Waals surface area (Å²) in [5.41, 5.74) is 1.37. The number of benzene rings is 1. The highest BCUT2D eigenvalue weighted by Crippen LogP contribution is 2.59. The second-order valence-electron chi connectivity index (χ2n) is 10.5. The highest BCUT2D eigenvalue weighted by molar-refractivity contribution is 7.54. The minimum atomic E-state index is -0.549. The van der Waals surface area contributed by atoms with Gasteiger partial charge in [0.25, 0.3) is 0 Å². The zero-order valence-corrected chi connectivity index (χ0v) is 21.3. The molecule has 5 rings (SSSR count). The molecule has 3 nitrogen and oxygen atoms in total. The van der Waals surface area contributed by atoms with Gasteiger partial charge in [-0.2, -0.15) is 0 Å². The second-order valence-corrected chi connectivity index (χ2v) is 14.2. The van der Waals surface area contributed by atoms with Crippen molar-refractivity contribution in [3.63, 3.8) is 0 Å². The zero-order valence-electron chi connectivity index (χ0n) is 19.5. The van der Waals surface area contributed by atoms with Crippen LogP contribution in [0, 0.1) is 17.8 Å². The molecule has 2 aliphatic carbocycles. The van der Waals surface area contributed by atoms with Gasteiger partial charge < -0.3 is 13.7 Å². The number of para-hydroxylation sites is 1. The molecule has 172 valence electrons. The van der Waals surface area contributed by atoms with E-state index in [9.17, 15) is 0 Å². The van der Waals surface area contributed by atoms with Crippen LogP contribution < -0.4 is 4.67 Å². The molecule has 0 bridgehead atoms. The molecule has 5 heteroatoms. The summed E-state index contributed by atoms with van der Waals surface area (Å²) in [6.07, 6.45) is 17.0. The Balaban J connectivity index is 1.16. The Labute approximate surface area is 192 Å². The Morgan fingerprint density at radius 3 is 2.13 bits per heavy atom. The van der Waals surface area contributed by atoms with Gasteiger partial charge in [-0.05, 0) is 88.2 Å². The monoisotopic (exact) mass is 461 g/mol. The summed E-state index contributed by atoms with van der Waals surface area (Å²) in [5.74, 6) is 2.78. The molecule has 2 saturated carbocycles. The molecular weight excluding hydrogens is 420 g/mol. The summed E-state index contributed by atoms with van der Waals surface area (Å²) in [7, 11) is -0.746. The first-order valence-corrected chi connectivity index (χ1v) is 15.9. The van der Waals surface area contributed by atoms with Crippen LogP contribution in [0.1, 0.15) is 71.6 Å². The molecule has 2 saturated heterocycles. The molecule has 0 aromatic heterocycles. The van der Waals surface area contributed by atoms with Crippen LogP contribution in [-0.4, -0.2) is 36.7 Å². The van der Waals surface area contributed by atoms with E-state index in [1.54, 1.807) is 0 Å². The molecule has 0 radical (unpaired) electrons. The molecule has 31 heavy (non-hydrogen) atoms. The molecule has 7 atom stereocenters. The van der Waals surface area contributed by atoms with Crippen LogP contribution in [0.25, 0.3) is 0 Å². The van der Waals surface area contributed by atoms with E-state index in [2.05, 4.69) is 48.8 Å². The first-order chi connectivity index (χ1) is 15.2. The predicted molar refractivity (Wildman–Crippen MR) is 134 cm³/mol. The summed E-state index contributed by atoms with van der Waals surface area (Å²) in [6, 6.07) is 11.7. The topological polar surface area (TPSA) is 21.7 Å². The van der Waals surface area contributed by atoms with Crippen molar-refractivity contribution in [2.45, 2.75) is 89.9 Å². The third-order valence-corrected chi connectivity index (χ3v) is 12.9. The average molecular weight is 462 g/mol. The van der Waals surface area contributed by atoms with Gasteiger partial charge in [-0.15, -0.1) is 0 Å². The van der Waals surface area contributed by atoms with Crippen LogP contribution in [0.2, 0.25) is 0 Å². The lowest BCUT2D eigenvalue weighted by Crippen LogP contribution is -2.33. The summed E-state index contributed by atoms with van der Waals surface area (Å²) >= 11 is 0. The summed E-state index contributed by atoms with van der Waals surface area (Å²) in [6.45, 7) is 4.58. The van der Waals surface area contributed by atoms with Crippen molar-refractivity contribution in [3.05, 3.63) is 30.3 Å². The van der Waals surface area contributed by atoms with Gasteiger partial charge in [0.15, 0.2) is 0 Å². The summed E-state index contributed by atoms with van der Waals surface area (Å²) < 4.78 is 16.1. The van der Waals surface area contributed by atoms with Crippen LogP contribution in [0.4, 0.5) is 5.69 Å². The van der Waals surface area contributed by atoms with Gasteiger partial charge in [0.05, 0.1) is 12.2 Å². The summed E-state index contributed by atoms with van der Waals surface area (Å²) in [5, 5.41) is 0. The van der Waals surface area contributed by atoms with E-state index < -0.39 is 8.30 Å². The van der Waals surface area contributed by atoms with Crippen LogP contribution in [0.15, 0.2) is 30.3 Å². The van der Waals surface area contributed by atoms with Crippen LogP contribution >= 0.6 is 16.4 Å². The Bertz CT molecular complexity index is 690. The van der Waals surface area contributed by atoms with Gasteiger partial charge in [-0.25, -0.2) is 0 Å². The maximum atomic E-state index is 6.82. The van der Waals surface area contributed by atoms with Crippen LogP contribution in [-0.2, 0) is 9.05 Å². The van der Waals surface area contributed by atoms with Crippen molar-refractivity contribution < 1.29 is 9.05 Å². The van der Waals surface area contributed by atoms with E-state index in [-0.39, 0.29) is 14.3 Å². The smallest absolute Gasteiger partial charge is 0.133 e. The van der Waals surface area contributed by atoms with E-state index in [0.29, 0.717) is 12.1 Å². The minimum Gasteiger partial charge on any atom is -0.356 e. The lowest BCUT2D eigenvalue weighted by atomic mass is 9.82. The highest BCUT2D eigenvalue weighted by atomic mass is 31.2. The number of hydrogen-bond acceptors (Lipinski definition) is 3. The first kappa shape index (κ1) is 22.6. The van der Waals surface area contributed by atoms with Crippen molar-refractivity contribution in [2.24, 2.45) is 17.8 Å². The van der Waals surface area contributed by atoms with Crippen LogP contribution in [0.3, 0.4) is 0 Å². The molecule has 0 spiro atoms. The molecule has 1 unspecified atom stereocenters. The van der Waals surface area contributed by atoms with Crippen LogP contribution in [0.5, 0.6) is 0 Å². The van der Waals surface area contributed by atoms with Crippen molar-refractivity contribution >= 4 is 22.1 Å².